The standard InChI is InChI=1S/C6H11O6P/c1-5(3-2-4-7)6(8)12-13(9,10)11/h3,7H,2,4H2,1H3,(H2,9,10,11). The van der Waals surface area contributed by atoms with Gasteiger partial charge in [0.25, 0.3) is 0 Å². The Labute approximate surface area is 75.1 Å². The molecule has 0 unspecified atom stereocenters. The molecular weight excluding hydrogens is 199 g/mol. The van der Waals surface area contributed by atoms with E-state index in [2.05, 4.69) is 4.52 Å². The highest BCUT2D eigenvalue weighted by molar-refractivity contribution is 7.46. The average molecular weight is 210 g/mol. The average Bonchev–Trinajstić information content (AvgIpc) is 1.96. The van der Waals surface area contributed by atoms with E-state index in [1.807, 2.05) is 0 Å². The maximum absolute atomic E-state index is 10.8. The van der Waals surface area contributed by atoms with E-state index in [0.717, 1.165) is 0 Å². The Balaban J connectivity index is 4.20. The van der Waals surface area contributed by atoms with Gasteiger partial charge in [0, 0.05) is 12.2 Å². The van der Waals surface area contributed by atoms with Crippen molar-refractivity contribution < 1.29 is 28.8 Å². The molecule has 0 saturated heterocycles. The fourth-order valence-electron chi connectivity index (χ4n) is 0.544. The molecule has 0 amide bonds. The monoisotopic (exact) mass is 210 g/mol. The van der Waals surface area contributed by atoms with E-state index in [9.17, 15) is 9.36 Å². The van der Waals surface area contributed by atoms with Gasteiger partial charge in [-0.05, 0) is 13.3 Å². The summed E-state index contributed by atoms with van der Waals surface area (Å²) in [6.07, 6.45) is 1.57. The fourth-order valence-corrected chi connectivity index (χ4v) is 0.904. The van der Waals surface area contributed by atoms with Gasteiger partial charge in [0.1, 0.15) is 0 Å². The van der Waals surface area contributed by atoms with E-state index in [4.69, 9.17) is 14.9 Å². The molecule has 76 valence electrons. The van der Waals surface area contributed by atoms with Crippen molar-refractivity contribution in [3.8, 4) is 0 Å². The molecule has 0 saturated carbocycles. The van der Waals surface area contributed by atoms with Crippen molar-refractivity contribution >= 4 is 13.8 Å². The third-order valence-corrected chi connectivity index (χ3v) is 1.51. The van der Waals surface area contributed by atoms with E-state index in [0.29, 0.717) is 0 Å². The molecule has 3 N–H and O–H groups in total. The van der Waals surface area contributed by atoms with Crippen molar-refractivity contribution in [3.05, 3.63) is 11.6 Å². The van der Waals surface area contributed by atoms with Gasteiger partial charge in [0.2, 0.25) is 0 Å². The first-order chi connectivity index (χ1) is 5.87. The van der Waals surface area contributed by atoms with Gasteiger partial charge in [-0.15, -0.1) is 0 Å². The van der Waals surface area contributed by atoms with E-state index in [-0.39, 0.29) is 18.6 Å². The molecular formula is C6H11O6P. The minimum atomic E-state index is -4.76. The summed E-state index contributed by atoms with van der Waals surface area (Å²) in [5, 5.41) is 8.38. The van der Waals surface area contributed by atoms with Gasteiger partial charge in [0.05, 0.1) is 0 Å². The summed E-state index contributed by atoms with van der Waals surface area (Å²) >= 11 is 0. The van der Waals surface area contributed by atoms with Gasteiger partial charge < -0.3 is 9.63 Å². The minimum absolute atomic E-state index is 0.0531. The van der Waals surface area contributed by atoms with Crippen molar-refractivity contribution in [2.75, 3.05) is 6.61 Å². The summed E-state index contributed by atoms with van der Waals surface area (Å²) in [5.41, 5.74) is 0.0531. The SMILES string of the molecule is CC(=CCCO)C(=O)OP(=O)(O)O. The second-order valence-electron chi connectivity index (χ2n) is 2.27. The topological polar surface area (TPSA) is 104 Å². The zero-order valence-electron chi connectivity index (χ0n) is 7.01. The lowest BCUT2D eigenvalue weighted by molar-refractivity contribution is -0.131. The number of rotatable bonds is 4. The summed E-state index contributed by atoms with van der Waals surface area (Å²) in [5.74, 6) is -1.08. The molecule has 0 aliphatic carbocycles. The van der Waals surface area contributed by atoms with Gasteiger partial charge in [-0.25, -0.2) is 9.36 Å². The number of carbonyl (C=O) groups is 1. The summed E-state index contributed by atoms with van der Waals surface area (Å²) in [7, 11) is -4.76. The second-order valence-corrected chi connectivity index (χ2v) is 3.43. The Morgan fingerprint density at radius 3 is 2.46 bits per heavy atom. The van der Waals surface area contributed by atoms with E-state index >= 15 is 0 Å². The second kappa shape index (κ2) is 5.14. The van der Waals surface area contributed by atoms with Crippen LogP contribution >= 0.6 is 7.82 Å². The maximum Gasteiger partial charge on any atom is 0.527 e. The Morgan fingerprint density at radius 2 is 2.08 bits per heavy atom. The van der Waals surface area contributed by atoms with Crippen LogP contribution in [-0.4, -0.2) is 27.5 Å². The first-order valence-electron chi connectivity index (χ1n) is 3.44. The molecule has 0 rings (SSSR count). The normalized spacial score (nSPS) is 12.8. The minimum Gasteiger partial charge on any atom is -0.396 e. The molecule has 0 heterocycles. The van der Waals surface area contributed by atoms with Gasteiger partial charge in [-0.3, -0.25) is 9.79 Å². The highest BCUT2D eigenvalue weighted by Gasteiger charge is 2.20. The number of carbonyl (C=O) groups excluding carboxylic acids is 1. The Kier molecular flexibility index (Phi) is 4.87. The number of phosphoric acid groups is 1. The van der Waals surface area contributed by atoms with Crippen molar-refractivity contribution in [2.24, 2.45) is 0 Å². The third kappa shape index (κ3) is 6.48. The highest BCUT2D eigenvalue weighted by Crippen LogP contribution is 2.36. The lowest BCUT2D eigenvalue weighted by Gasteiger charge is -2.04. The first kappa shape index (κ1) is 12.3. The molecule has 7 heteroatoms. The van der Waals surface area contributed by atoms with E-state index in [1.165, 1.54) is 13.0 Å². The van der Waals surface area contributed by atoms with Gasteiger partial charge >= 0.3 is 13.8 Å². The predicted octanol–water partition coefficient (Wildman–Crippen LogP) is -0.0490. The molecule has 6 nitrogen and oxygen atoms in total. The number of hydrogen-bond acceptors (Lipinski definition) is 4. The van der Waals surface area contributed by atoms with Crippen LogP contribution in [0.25, 0.3) is 0 Å². The maximum atomic E-state index is 10.8. The van der Waals surface area contributed by atoms with Gasteiger partial charge in [-0.1, -0.05) is 6.08 Å². The van der Waals surface area contributed by atoms with Crippen molar-refractivity contribution in [3.63, 3.8) is 0 Å². The lowest BCUT2D eigenvalue weighted by atomic mass is 10.2. The summed E-state index contributed by atoms with van der Waals surface area (Å²) in [6.45, 7) is 1.20. The lowest BCUT2D eigenvalue weighted by Crippen LogP contribution is -2.03. The van der Waals surface area contributed by atoms with Crippen LogP contribution in [0.5, 0.6) is 0 Å². The third-order valence-electron chi connectivity index (χ3n) is 1.10. The molecule has 0 fully saturated rings. The number of phosphoric ester groups is 1. The van der Waals surface area contributed by atoms with Gasteiger partial charge in [-0.2, -0.15) is 0 Å². The van der Waals surface area contributed by atoms with Crippen molar-refractivity contribution in [2.45, 2.75) is 13.3 Å². The highest BCUT2D eigenvalue weighted by atomic mass is 31.2. The largest absolute Gasteiger partial charge is 0.527 e. The van der Waals surface area contributed by atoms with E-state index < -0.39 is 13.8 Å². The Hall–Kier alpha value is -0.680. The number of hydrogen-bond donors (Lipinski definition) is 3. The molecule has 13 heavy (non-hydrogen) atoms. The molecule has 0 spiro atoms. The zero-order chi connectivity index (χ0) is 10.5. The molecule has 0 aromatic rings. The summed E-state index contributed by atoms with van der Waals surface area (Å²) in [6, 6.07) is 0. The van der Waals surface area contributed by atoms with Crippen LogP contribution in [0.4, 0.5) is 0 Å². The quantitative estimate of drug-likeness (QED) is 0.444. The van der Waals surface area contributed by atoms with E-state index in [1.54, 1.807) is 0 Å². The first-order valence-corrected chi connectivity index (χ1v) is 4.97. The molecule has 0 aromatic carbocycles. The fraction of sp³-hybridized carbons (Fsp3) is 0.500. The smallest absolute Gasteiger partial charge is 0.396 e. The van der Waals surface area contributed by atoms with Crippen LogP contribution in [0.1, 0.15) is 13.3 Å². The molecule has 0 bridgehead atoms. The van der Waals surface area contributed by atoms with Crippen LogP contribution in [0.15, 0.2) is 11.6 Å². The Bertz CT molecular complexity index is 252. The molecule has 0 aliphatic rings. The molecule has 0 radical (unpaired) electrons. The summed E-state index contributed by atoms with van der Waals surface area (Å²) < 4.78 is 14.0. The van der Waals surface area contributed by atoms with Crippen molar-refractivity contribution in [1.29, 1.82) is 0 Å². The number of aliphatic hydroxyl groups is 1. The van der Waals surface area contributed by atoms with Crippen LogP contribution in [0.2, 0.25) is 0 Å². The predicted molar refractivity (Wildman–Crippen MR) is 43.6 cm³/mol. The summed E-state index contributed by atoms with van der Waals surface area (Å²) in [4.78, 5) is 27.3. The van der Waals surface area contributed by atoms with Crippen LogP contribution < -0.4 is 0 Å². The Morgan fingerprint density at radius 1 is 1.54 bits per heavy atom. The molecule has 0 aliphatic heterocycles. The zero-order valence-corrected chi connectivity index (χ0v) is 7.90. The van der Waals surface area contributed by atoms with Crippen LogP contribution in [0.3, 0.4) is 0 Å². The molecule has 0 atom stereocenters. The number of aliphatic hydroxyl groups excluding tert-OH is 1. The van der Waals surface area contributed by atoms with Crippen molar-refractivity contribution in [1.82, 2.24) is 0 Å². The van der Waals surface area contributed by atoms with Crippen LogP contribution in [0, 0.1) is 0 Å². The van der Waals surface area contributed by atoms with Crippen LogP contribution in [-0.2, 0) is 13.9 Å². The van der Waals surface area contributed by atoms with Gasteiger partial charge in [0.15, 0.2) is 0 Å². The molecule has 0 aromatic heterocycles.